The molecule has 17 heavy (non-hydrogen) atoms. The van der Waals surface area contributed by atoms with Gasteiger partial charge in [0, 0.05) is 19.0 Å². The molecule has 0 amide bonds. The van der Waals surface area contributed by atoms with Gasteiger partial charge in [0.2, 0.25) is 0 Å². The molecule has 0 saturated heterocycles. The number of halogens is 1. The van der Waals surface area contributed by atoms with E-state index in [0.29, 0.717) is 0 Å². The van der Waals surface area contributed by atoms with Crippen LogP contribution in [0.25, 0.3) is 0 Å². The molecule has 0 aliphatic heterocycles. The maximum atomic E-state index is 13.5. The van der Waals surface area contributed by atoms with Crippen LogP contribution in [0.4, 0.5) is 10.2 Å². The SMILES string of the molecule is CS(=O)(=O)CCNc1nccc(C(=O)O)c1F. The molecule has 6 nitrogen and oxygen atoms in total. The number of aromatic carboxylic acids is 1. The van der Waals surface area contributed by atoms with Gasteiger partial charge < -0.3 is 10.4 Å². The summed E-state index contributed by atoms with van der Waals surface area (Å²) in [6.45, 7) is -0.0359. The van der Waals surface area contributed by atoms with E-state index in [4.69, 9.17) is 5.11 Å². The predicted octanol–water partition coefficient (Wildman–Crippen LogP) is 0.375. The summed E-state index contributed by atoms with van der Waals surface area (Å²) in [5, 5.41) is 11.1. The van der Waals surface area contributed by atoms with Crippen LogP contribution in [0.5, 0.6) is 0 Å². The quantitative estimate of drug-likeness (QED) is 0.796. The van der Waals surface area contributed by atoms with Crippen molar-refractivity contribution in [3.63, 3.8) is 0 Å². The molecular weight excluding hydrogens is 251 g/mol. The average Bonchev–Trinajstić information content (AvgIpc) is 2.18. The third kappa shape index (κ3) is 3.99. The molecule has 1 rings (SSSR count). The Morgan fingerprint density at radius 1 is 1.59 bits per heavy atom. The first-order chi connectivity index (χ1) is 7.81. The van der Waals surface area contributed by atoms with Crippen molar-refractivity contribution < 1.29 is 22.7 Å². The van der Waals surface area contributed by atoms with Gasteiger partial charge in [0.1, 0.15) is 15.4 Å². The van der Waals surface area contributed by atoms with Crippen LogP contribution in [0.2, 0.25) is 0 Å². The van der Waals surface area contributed by atoms with Gasteiger partial charge in [0.25, 0.3) is 0 Å². The summed E-state index contributed by atoms with van der Waals surface area (Å²) < 4.78 is 35.2. The Labute approximate surface area is 97.4 Å². The topological polar surface area (TPSA) is 96.4 Å². The Balaban J connectivity index is 2.79. The molecule has 2 N–H and O–H groups in total. The number of carboxylic acid groups (broad SMARTS) is 1. The molecule has 0 unspecified atom stereocenters. The van der Waals surface area contributed by atoms with Gasteiger partial charge in [-0.15, -0.1) is 0 Å². The number of aromatic nitrogens is 1. The number of rotatable bonds is 5. The number of nitrogens with zero attached hydrogens (tertiary/aromatic N) is 1. The number of carbonyl (C=O) groups is 1. The van der Waals surface area contributed by atoms with Crippen molar-refractivity contribution in [2.45, 2.75) is 0 Å². The van der Waals surface area contributed by atoms with Crippen LogP contribution in [0.1, 0.15) is 10.4 Å². The zero-order chi connectivity index (χ0) is 13.1. The van der Waals surface area contributed by atoms with E-state index in [9.17, 15) is 17.6 Å². The second-order valence-corrected chi connectivity index (χ2v) is 5.64. The van der Waals surface area contributed by atoms with E-state index in [2.05, 4.69) is 10.3 Å². The Kier molecular flexibility index (Phi) is 4.00. The molecule has 1 heterocycles. The highest BCUT2D eigenvalue weighted by Gasteiger charge is 2.14. The lowest BCUT2D eigenvalue weighted by Crippen LogP contribution is -2.16. The monoisotopic (exact) mass is 262 g/mol. The molecule has 1 aromatic rings. The Morgan fingerprint density at radius 3 is 2.76 bits per heavy atom. The molecule has 1 aromatic heterocycles. The summed E-state index contributed by atoms with van der Waals surface area (Å²) in [5.74, 6) is -2.87. The third-order valence-electron chi connectivity index (χ3n) is 1.88. The molecular formula is C9H11FN2O4S. The van der Waals surface area contributed by atoms with Crippen molar-refractivity contribution in [1.82, 2.24) is 4.98 Å². The number of pyridine rings is 1. The Hall–Kier alpha value is -1.70. The summed E-state index contributed by atoms with van der Waals surface area (Å²) in [6.07, 6.45) is 2.18. The van der Waals surface area contributed by atoms with Gasteiger partial charge in [-0.2, -0.15) is 0 Å². The molecule has 94 valence electrons. The second kappa shape index (κ2) is 5.09. The summed E-state index contributed by atoms with van der Waals surface area (Å²) in [6, 6.07) is 1.03. The van der Waals surface area contributed by atoms with Gasteiger partial charge in [0.15, 0.2) is 11.6 Å². The second-order valence-electron chi connectivity index (χ2n) is 3.38. The Morgan fingerprint density at radius 2 is 2.24 bits per heavy atom. The van der Waals surface area contributed by atoms with Crippen molar-refractivity contribution >= 4 is 21.6 Å². The smallest absolute Gasteiger partial charge is 0.338 e. The van der Waals surface area contributed by atoms with E-state index in [1.165, 1.54) is 0 Å². The van der Waals surface area contributed by atoms with Crippen molar-refractivity contribution in [2.24, 2.45) is 0 Å². The Bertz CT molecular complexity index is 530. The molecule has 0 aliphatic carbocycles. The van der Waals surface area contributed by atoms with Gasteiger partial charge in [0.05, 0.1) is 5.75 Å². The lowest BCUT2D eigenvalue weighted by atomic mass is 10.2. The van der Waals surface area contributed by atoms with E-state index in [1.54, 1.807) is 0 Å². The number of nitrogens with one attached hydrogen (secondary N) is 1. The zero-order valence-electron chi connectivity index (χ0n) is 8.97. The van der Waals surface area contributed by atoms with Crippen LogP contribution in [-0.2, 0) is 9.84 Å². The summed E-state index contributed by atoms with van der Waals surface area (Å²) in [5.41, 5.74) is -0.512. The van der Waals surface area contributed by atoms with E-state index in [1.807, 2.05) is 0 Å². The number of anilines is 1. The van der Waals surface area contributed by atoms with E-state index in [-0.39, 0.29) is 18.1 Å². The molecule has 0 atom stereocenters. The van der Waals surface area contributed by atoms with Crippen LogP contribution in [0.15, 0.2) is 12.3 Å². The normalized spacial score (nSPS) is 11.2. The molecule has 0 spiro atoms. The highest BCUT2D eigenvalue weighted by atomic mass is 32.2. The largest absolute Gasteiger partial charge is 0.478 e. The van der Waals surface area contributed by atoms with Crippen molar-refractivity contribution in [2.75, 3.05) is 23.9 Å². The maximum Gasteiger partial charge on any atom is 0.338 e. The molecule has 0 bridgehead atoms. The molecule has 0 aromatic carbocycles. The first-order valence-electron chi connectivity index (χ1n) is 4.60. The van der Waals surface area contributed by atoms with Crippen LogP contribution in [0, 0.1) is 5.82 Å². The van der Waals surface area contributed by atoms with E-state index < -0.39 is 27.2 Å². The fourth-order valence-corrected chi connectivity index (χ4v) is 1.56. The maximum absolute atomic E-state index is 13.5. The van der Waals surface area contributed by atoms with E-state index >= 15 is 0 Å². The minimum atomic E-state index is -3.16. The average molecular weight is 262 g/mol. The third-order valence-corrected chi connectivity index (χ3v) is 2.83. The van der Waals surface area contributed by atoms with Crippen molar-refractivity contribution in [3.8, 4) is 0 Å². The van der Waals surface area contributed by atoms with Crippen molar-refractivity contribution in [1.29, 1.82) is 0 Å². The standard InChI is InChI=1S/C9H11FN2O4S/c1-17(15,16)5-4-12-8-7(10)6(9(13)14)2-3-11-8/h2-3H,4-5H2,1H3,(H,11,12)(H,13,14). The first kappa shape index (κ1) is 13.4. The number of carboxylic acids is 1. The van der Waals surface area contributed by atoms with Crippen LogP contribution >= 0.6 is 0 Å². The molecule has 0 aliphatic rings. The molecule has 8 heteroatoms. The van der Waals surface area contributed by atoms with Gasteiger partial charge in [-0.1, -0.05) is 0 Å². The fraction of sp³-hybridized carbons (Fsp3) is 0.333. The predicted molar refractivity (Wildman–Crippen MR) is 59.4 cm³/mol. The molecule has 0 radical (unpaired) electrons. The van der Waals surface area contributed by atoms with Crippen LogP contribution in [-0.4, -0.2) is 43.0 Å². The fourth-order valence-electron chi connectivity index (χ4n) is 1.09. The molecule has 0 saturated carbocycles. The number of hydrogen-bond acceptors (Lipinski definition) is 5. The summed E-state index contributed by atoms with van der Waals surface area (Å²) in [4.78, 5) is 14.2. The molecule has 0 fully saturated rings. The lowest BCUT2D eigenvalue weighted by Gasteiger charge is -2.06. The highest BCUT2D eigenvalue weighted by molar-refractivity contribution is 7.90. The van der Waals surface area contributed by atoms with Crippen molar-refractivity contribution in [3.05, 3.63) is 23.6 Å². The zero-order valence-corrected chi connectivity index (χ0v) is 9.79. The van der Waals surface area contributed by atoms with Gasteiger partial charge >= 0.3 is 5.97 Å². The minimum Gasteiger partial charge on any atom is -0.478 e. The summed E-state index contributed by atoms with van der Waals surface area (Å²) >= 11 is 0. The number of hydrogen-bond donors (Lipinski definition) is 2. The number of sulfone groups is 1. The van der Waals surface area contributed by atoms with Gasteiger partial charge in [-0.05, 0) is 6.07 Å². The van der Waals surface area contributed by atoms with E-state index in [0.717, 1.165) is 18.5 Å². The van der Waals surface area contributed by atoms with Gasteiger partial charge in [-0.3, -0.25) is 0 Å². The summed E-state index contributed by atoms with van der Waals surface area (Å²) in [7, 11) is -3.16. The van der Waals surface area contributed by atoms with Gasteiger partial charge in [-0.25, -0.2) is 22.6 Å². The highest BCUT2D eigenvalue weighted by Crippen LogP contribution is 2.14. The lowest BCUT2D eigenvalue weighted by molar-refractivity contribution is 0.0692. The first-order valence-corrected chi connectivity index (χ1v) is 6.66. The van der Waals surface area contributed by atoms with Crippen LogP contribution in [0.3, 0.4) is 0 Å². The minimum absolute atomic E-state index is 0.0359. The van der Waals surface area contributed by atoms with Crippen LogP contribution < -0.4 is 5.32 Å².